The number of carbonyl (C=O) groups excluding carboxylic acids is 1. The highest BCUT2D eigenvalue weighted by Crippen LogP contribution is 2.25. The lowest BCUT2D eigenvalue weighted by molar-refractivity contribution is -0.384. The second-order valence-electron chi connectivity index (χ2n) is 2.72. The number of rotatable bonds is 4. The lowest BCUT2D eigenvalue weighted by atomic mass is 10.1. The number of non-ortho nitro benzene ring substituents is 1. The first-order chi connectivity index (χ1) is 6.65. The van der Waals surface area contributed by atoms with Crippen LogP contribution in [0.1, 0.15) is 17.4 Å². The Balaban J connectivity index is 2.93. The number of hydrogen-bond donors (Lipinski definition) is 0. The van der Waals surface area contributed by atoms with Gasteiger partial charge in [0.15, 0.2) is 0 Å². The molecule has 5 heteroatoms. The molecule has 1 rings (SSSR count). The Morgan fingerprint density at radius 1 is 1.57 bits per heavy atom. The second kappa shape index (κ2) is 4.72. The monoisotopic (exact) mass is 213 g/mol. The largest absolute Gasteiger partial charge is 0.303 e. The van der Waals surface area contributed by atoms with Crippen LogP contribution in [0.3, 0.4) is 0 Å². The minimum absolute atomic E-state index is 0.0148. The molecule has 0 saturated carbocycles. The summed E-state index contributed by atoms with van der Waals surface area (Å²) in [6.07, 6.45) is 0.846. The molecule has 0 aliphatic rings. The van der Waals surface area contributed by atoms with E-state index in [1.165, 1.54) is 12.1 Å². The predicted octanol–water partition coefficient (Wildman–Crippen LogP) is 2.46. The Kier molecular flexibility index (Phi) is 3.59. The van der Waals surface area contributed by atoms with E-state index < -0.39 is 10.3 Å². The molecule has 0 N–H and O–H groups in total. The highest BCUT2D eigenvalue weighted by molar-refractivity contribution is 6.21. The number of nitro groups is 1. The number of nitrogens with zero attached hydrogens (tertiary/aromatic N) is 1. The number of aldehydes is 1. The van der Waals surface area contributed by atoms with Crippen LogP contribution >= 0.6 is 11.6 Å². The van der Waals surface area contributed by atoms with Crippen LogP contribution in [0, 0.1) is 10.1 Å². The number of alkyl halides is 1. The van der Waals surface area contributed by atoms with E-state index in [2.05, 4.69) is 0 Å². The van der Waals surface area contributed by atoms with Crippen LogP contribution in [0.2, 0.25) is 0 Å². The van der Waals surface area contributed by atoms with Crippen LogP contribution in [-0.2, 0) is 4.79 Å². The minimum Gasteiger partial charge on any atom is -0.303 e. The van der Waals surface area contributed by atoms with Gasteiger partial charge in [0.1, 0.15) is 6.29 Å². The molecule has 0 saturated heterocycles. The van der Waals surface area contributed by atoms with E-state index in [1.54, 1.807) is 12.1 Å². The van der Waals surface area contributed by atoms with Crippen molar-refractivity contribution < 1.29 is 9.72 Å². The van der Waals surface area contributed by atoms with E-state index in [1.807, 2.05) is 0 Å². The highest BCUT2D eigenvalue weighted by atomic mass is 35.5. The van der Waals surface area contributed by atoms with Crippen LogP contribution in [0.15, 0.2) is 24.3 Å². The molecule has 4 nitrogen and oxygen atoms in total. The minimum atomic E-state index is -0.493. The first-order valence-electron chi connectivity index (χ1n) is 3.97. The van der Waals surface area contributed by atoms with Gasteiger partial charge in [0.05, 0.1) is 10.3 Å². The van der Waals surface area contributed by atoms with E-state index in [0.29, 0.717) is 11.8 Å². The lowest BCUT2D eigenvalue weighted by Gasteiger charge is -2.04. The van der Waals surface area contributed by atoms with Gasteiger partial charge in [-0.05, 0) is 5.56 Å². The third kappa shape index (κ3) is 2.53. The molecule has 0 bridgehead atoms. The fraction of sp³-hybridized carbons (Fsp3) is 0.222. The van der Waals surface area contributed by atoms with Crippen molar-refractivity contribution in [3.05, 3.63) is 39.9 Å². The van der Waals surface area contributed by atoms with Gasteiger partial charge in [-0.3, -0.25) is 10.1 Å². The van der Waals surface area contributed by atoms with Gasteiger partial charge in [-0.15, -0.1) is 11.6 Å². The van der Waals surface area contributed by atoms with E-state index in [-0.39, 0.29) is 12.1 Å². The van der Waals surface area contributed by atoms with Gasteiger partial charge in [-0.2, -0.15) is 0 Å². The number of halogens is 1. The van der Waals surface area contributed by atoms with Gasteiger partial charge in [0.2, 0.25) is 0 Å². The van der Waals surface area contributed by atoms with Gasteiger partial charge >= 0.3 is 0 Å². The zero-order valence-corrected chi connectivity index (χ0v) is 7.98. The molecule has 74 valence electrons. The summed E-state index contributed by atoms with van der Waals surface area (Å²) in [5, 5.41) is 9.93. The number of nitro benzene ring substituents is 1. The smallest absolute Gasteiger partial charge is 0.269 e. The van der Waals surface area contributed by atoms with Gasteiger partial charge in [-0.1, -0.05) is 12.1 Å². The molecule has 1 atom stereocenters. The number of benzene rings is 1. The van der Waals surface area contributed by atoms with Gasteiger partial charge < -0.3 is 4.79 Å². The fourth-order valence-electron chi connectivity index (χ4n) is 1.05. The van der Waals surface area contributed by atoms with Crippen molar-refractivity contribution in [2.24, 2.45) is 0 Å². The molecular weight excluding hydrogens is 206 g/mol. The van der Waals surface area contributed by atoms with Gasteiger partial charge in [-0.25, -0.2) is 0 Å². The number of carbonyl (C=O) groups is 1. The van der Waals surface area contributed by atoms with E-state index >= 15 is 0 Å². The summed E-state index contributed by atoms with van der Waals surface area (Å²) in [6.45, 7) is 0. The first kappa shape index (κ1) is 10.7. The summed E-state index contributed by atoms with van der Waals surface area (Å²) >= 11 is 5.83. The number of hydrogen-bond acceptors (Lipinski definition) is 3. The molecule has 1 aromatic carbocycles. The molecule has 0 fully saturated rings. The lowest BCUT2D eigenvalue weighted by Crippen LogP contribution is -1.94. The van der Waals surface area contributed by atoms with Crippen molar-refractivity contribution in [3.63, 3.8) is 0 Å². The summed E-state index contributed by atoms with van der Waals surface area (Å²) in [4.78, 5) is 20.1. The predicted molar refractivity (Wildman–Crippen MR) is 52.4 cm³/mol. The van der Waals surface area contributed by atoms with E-state index in [4.69, 9.17) is 11.6 Å². The molecule has 0 aliphatic carbocycles. The Morgan fingerprint density at radius 3 is 2.86 bits per heavy atom. The van der Waals surface area contributed by atoms with E-state index in [0.717, 1.165) is 0 Å². The normalized spacial score (nSPS) is 12.1. The highest BCUT2D eigenvalue weighted by Gasteiger charge is 2.11. The van der Waals surface area contributed by atoms with Crippen molar-refractivity contribution in [2.75, 3.05) is 0 Å². The topological polar surface area (TPSA) is 60.2 Å². The molecule has 1 unspecified atom stereocenters. The first-order valence-corrected chi connectivity index (χ1v) is 4.41. The molecule has 1 aromatic rings. The molecule has 0 heterocycles. The van der Waals surface area contributed by atoms with Crippen LogP contribution in [0.25, 0.3) is 0 Å². The molecule has 0 amide bonds. The summed E-state index contributed by atoms with van der Waals surface area (Å²) in [7, 11) is 0. The van der Waals surface area contributed by atoms with Gasteiger partial charge in [0.25, 0.3) is 5.69 Å². The zero-order chi connectivity index (χ0) is 10.6. The maximum atomic E-state index is 10.4. The standard InChI is InChI=1S/C9H8ClNO3/c10-9(4-5-12)7-2-1-3-8(6-7)11(13)14/h1-3,5-6,9H,4H2. The molecular formula is C9H8ClNO3. The Morgan fingerprint density at radius 2 is 2.29 bits per heavy atom. The maximum Gasteiger partial charge on any atom is 0.269 e. The van der Waals surface area contributed by atoms with E-state index in [9.17, 15) is 14.9 Å². The van der Waals surface area contributed by atoms with Crippen molar-refractivity contribution in [1.29, 1.82) is 0 Å². The van der Waals surface area contributed by atoms with Crippen molar-refractivity contribution >= 4 is 23.6 Å². The average Bonchev–Trinajstić information content (AvgIpc) is 2.18. The maximum absolute atomic E-state index is 10.4. The third-order valence-corrected chi connectivity index (χ3v) is 2.18. The van der Waals surface area contributed by atoms with Crippen molar-refractivity contribution in [2.45, 2.75) is 11.8 Å². The molecule has 14 heavy (non-hydrogen) atoms. The van der Waals surface area contributed by atoms with Crippen molar-refractivity contribution in [1.82, 2.24) is 0 Å². The Labute approximate surface area is 85.6 Å². The van der Waals surface area contributed by atoms with Crippen LogP contribution < -0.4 is 0 Å². The average molecular weight is 214 g/mol. The summed E-state index contributed by atoms with van der Waals surface area (Å²) in [6, 6.07) is 5.97. The van der Waals surface area contributed by atoms with Crippen LogP contribution in [0.4, 0.5) is 5.69 Å². The quantitative estimate of drug-likeness (QED) is 0.334. The molecule has 0 spiro atoms. The van der Waals surface area contributed by atoms with Crippen LogP contribution in [-0.4, -0.2) is 11.2 Å². The fourth-order valence-corrected chi connectivity index (χ4v) is 1.26. The second-order valence-corrected chi connectivity index (χ2v) is 3.25. The SMILES string of the molecule is O=CCC(Cl)c1cccc([N+](=O)[O-])c1. The Hall–Kier alpha value is -1.42. The molecule has 0 aromatic heterocycles. The zero-order valence-electron chi connectivity index (χ0n) is 7.22. The van der Waals surface area contributed by atoms with Crippen LogP contribution in [0.5, 0.6) is 0 Å². The Bertz CT molecular complexity index is 354. The summed E-state index contributed by atoms with van der Waals surface area (Å²) in [5.74, 6) is 0. The van der Waals surface area contributed by atoms with Crippen molar-refractivity contribution in [3.8, 4) is 0 Å². The third-order valence-electron chi connectivity index (χ3n) is 1.75. The van der Waals surface area contributed by atoms with Gasteiger partial charge in [0, 0.05) is 18.6 Å². The summed E-state index contributed by atoms with van der Waals surface area (Å²) in [5.41, 5.74) is 0.576. The molecule has 0 aliphatic heterocycles. The summed E-state index contributed by atoms with van der Waals surface area (Å²) < 4.78 is 0. The molecule has 0 radical (unpaired) electrons.